The fourth-order valence-corrected chi connectivity index (χ4v) is 3.82. The molecule has 0 spiro atoms. The minimum absolute atomic E-state index is 0.234. The SMILES string of the molecule is COc1ccc(C)cc1NC1=C(c2ccccc2)C(=O)N(c2ccc(C(C)C)cc2)C1=O. The van der Waals surface area contributed by atoms with E-state index in [-0.39, 0.29) is 11.6 Å². The molecule has 1 heterocycles. The van der Waals surface area contributed by atoms with E-state index in [1.807, 2.05) is 79.7 Å². The maximum Gasteiger partial charge on any atom is 0.282 e. The molecule has 0 atom stereocenters. The Morgan fingerprint density at radius 1 is 0.875 bits per heavy atom. The summed E-state index contributed by atoms with van der Waals surface area (Å²) in [6, 6.07) is 22.5. The number of hydrogen-bond donors (Lipinski definition) is 1. The van der Waals surface area contributed by atoms with Crippen LogP contribution in [0.2, 0.25) is 0 Å². The van der Waals surface area contributed by atoms with Gasteiger partial charge < -0.3 is 10.1 Å². The first-order chi connectivity index (χ1) is 15.4. The number of amides is 2. The highest BCUT2D eigenvalue weighted by molar-refractivity contribution is 6.46. The van der Waals surface area contributed by atoms with E-state index < -0.39 is 5.91 Å². The number of carbonyl (C=O) groups is 2. The normalized spacial score (nSPS) is 13.8. The first-order valence-electron chi connectivity index (χ1n) is 10.6. The summed E-state index contributed by atoms with van der Waals surface area (Å²) in [5.41, 5.74) is 4.59. The van der Waals surface area contributed by atoms with Gasteiger partial charge in [-0.25, -0.2) is 4.90 Å². The van der Waals surface area contributed by atoms with Gasteiger partial charge in [0.1, 0.15) is 11.4 Å². The van der Waals surface area contributed by atoms with Crippen molar-refractivity contribution in [2.75, 3.05) is 17.3 Å². The van der Waals surface area contributed by atoms with Crippen LogP contribution in [0.4, 0.5) is 11.4 Å². The molecule has 0 radical (unpaired) electrons. The lowest BCUT2D eigenvalue weighted by Gasteiger charge is -2.17. The molecule has 0 aliphatic carbocycles. The van der Waals surface area contributed by atoms with Gasteiger partial charge in [-0.05, 0) is 53.8 Å². The van der Waals surface area contributed by atoms with Crippen LogP contribution in [0.3, 0.4) is 0 Å². The number of nitrogens with zero attached hydrogens (tertiary/aromatic N) is 1. The quantitative estimate of drug-likeness (QED) is 0.527. The predicted molar refractivity (Wildman–Crippen MR) is 128 cm³/mol. The van der Waals surface area contributed by atoms with E-state index in [1.165, 1.54) is 4.90 Å². The molecule has 1 N–H and O–H groups in total. The summed E-state index contributed by atoms with van der Waals surface area (Å²) >= 11 is 0. The van der Waals surface area contributed by atoms with Crippen molar-refractivity contribution in [1.82, 2.24) is 0 Å². The van der Waals surface area contributed by atoms with Crippen molar-refractivity contribution in [2.24, 2.45) is 0 Å². The lowest BCUT2D eigenvalue weighted by atomic mass is 10.0. The molecule has 162 valence electrons. The number of anilines is 2. The van der Waals surface area contributed by atoms with E-state index in [1.54, 1.807) is 7.11 Å². The smallest absolute Gasteiger partial charge is 0.282 e. The third-order valence-electron chi connectivity index (χ3n) is 5.58. The summed E-state index contributed by atoms with van der Waals surface area (Å²) < 4.78 is 5.47. The zero-order valence-corrected chi connectivity index (χ0v) is 18.7. The minimum Gasteiger partial charge on any atom is -0.495 e. The average Bonchev–Trinajstić information content (AvgIpc) is 3.04. The fourth-order valence-electron chi connectivity index (χ4n) is 3.82. The van der Waals surface area contributed by atoms with Crippen molar-refractivity contribution < 1.29 is 14.3 Å². The lowest BCUT2D eigenvalue weighted by molar-refractivity contribution is -0.120. The first-order valence-corrected chi connectivity index (χ1v) is 10.6. The van der Waals surface area contributed by atoms with E-state index in [0.717, 1.165) is 11.1 Å². The predicted octanol–water partition coefficient (Wildman–Crippen LogP) is 5.52. The van der Waals surface area contributed by atoms with Crippen LogP contribution in [-0.2, 0) is 9.59 Å². The molecular weight excluding hydrogens is 400 g/mol. The Hall–Kier alpha value is -3.86. The first kappa shape index (κ1) is 21.4. The van der Waals surface area contributed by atoms with Crippen LogP contribution in [0.5, 0.6) is 5.75 Å². The molecule has 0 aromatic heterocycles. The molecule has 0 fully saturated rings. The molecule has 0 saturated carbocycles. The van der Waals surface area contributed by atoms with Gasteiger partial charge in [0.25, 0.3) is 11.8 Å². The Kier molecular flexibility index (Phi) is 5.82. The number of methoxy groups -OCH3 is 1. The molecule has 5 nitrogen and oxygen atoms in total. The molecule has 3 aromatic rings. The number of hydrogen-bond acceptors (Lipinski definition) is 4. The number of rotatable bonds is 6. The lowest BCUT2D eigenvalue weighted by Crippen LogP contribution is -2.32. The van der Waals surface area contributed by atoms with Gasteiger partial charge in [-0.3, -0.25) is 9.59 Å². The minimum atomic E-state index is -0.394. The van der Waals surface area contributed by atoms with Crippen molar-refractivity contribution >= 4 is 28.8 Å². The van der Waals surface area contributed by atoms with Crippen molar-refractivity contribution in [2.45, 2.75) is 26.7 Å². The van der Waals surface area contributed by atoms with Gasteiger partial charge >= 0.3 is 0 Å². The third-order valence-corrected chi connectivity index (χ3v) is 5.58. The monoisotopic (exact) mass is 426 g/mol. The van der Waals surface area contributed by atoms with Gasteiger partial charge in [-0.2, -0.15) is 0 Å². The average molecular weight is 427 g/mol. The molecule has 5 heteroatoms. The number of imide groups is 1. The zero-order valence-electron chi connectivity index (χ0n) is 18.7. The molecule has 32 heavy (non-hydrogen) atoms. The van der Waals surface area contributed by atoms with E-state index in [4.69, 9.17) is 4.74 Å². The van der Waals surface area contributed by atoms with Gasteiger partial charge in [-0.1, -0.05) is 62.4 Å². The molecule has 4 rings (SSSR count). The van der Waals surface area contributed by atoms with Crippen LogP contribution in [0, 0.1) is 6.92 Å². The summed E-state index contributed by atoms with van der Waals surface area (Å²) in [4.78, 5) is 28.3. The van der Waals surface area contributed by atoms with Crippen LogP contribution < -0.4 is 15.0 Å². The standard InChI is InChI=1S/C27H26N2O3/c1-17(2)19-11-13-21(14-12-19)29-26(30)24(20-8-6-5-7-9-20)25(27(29)31)28-22-16-18(3)10-15-23(22)32-4/h5-17,28H,1-4H3. The van der Waals surface area contributed by atoms with Crippen LogP contribution in [0.15, 0.2) is 78.5 Å². The van der Waals surface area contributed by atoms with Crippen LogP contribution >= 0.6 is 0 Å². The molecule has 0 bridgehead atoms. The highest BCUT2D eigenvalue weighted by atomic mass is 16.5. The summed E-state index contributed by atoms with van der Waals surface area (Å²) in [5.74, 6) is 0.205. The van der Waals surface area contributed by atoms with E-state index in [2.05, 4.69) is 19.2 Å². The second-order valence-electron chi connectivity index (χ2n) is 8.14. The summed E-state index contributed by atoms with van der Waals surface area (Å²) in [5, 5.41) is 3.20. The Morgan fingerprint density at radius 3 is 2.19 bits per heavy atom. The highest BCUT2D eigenvalue weighted by Gasteiger charge is 2.40. The largest absolute Gasteiger partial charge is 0.495 e. The second kappa shape index (κ2) is 8.71. The fraction of sp³-hybridized carbons (Fsp3) is 0.185. The van der Waals surface area contributed by atoms with Gasteiger partial charge in [0.2, 0.25) is 0 Å². The Labute approximate surface area is 188 Å². The third kappa shape index (κ3) is 3.89. The Morgan fingerprint density at radius 2 is 1.56 bits per heavy atom. The topological polar surface area (TPSA) is 58.6 Å². The molecule has 1 aliphatic heterocycles. The zero-order chi connectivity index (χ0) is 22.8. The van der Waals surface area contributed by atoms with Gasteiger partial charge in [0.05, 0.1) is 24.1 Å². The number of carbonyl (C=O) groups excluding carboxylic acids is 2. The van der Waals surface area contributed by atoms with E-state index >= 15 is 0 Å². The molecule has 1 aliphatic rings. The number of nitrogens with one attached hydrogen (secondary N) is 1. The Balaban J connectivity index is 1.80. The Bertz CT molecular complexity index is 1200. The second-order valence-corrected chi connectivity index (χ2v) is 8.14. The molecular formula is C27H26N2O3. The van der Waals surface area contributed by atoms with Crippen LogP contribution in [0.1, 0.15) is 36.5 Å². The van der Waals surface area contributed by atoms with Crippen molar-refractivity contribution in [3.05, 3.63) is 95.2 Å². The maximum atomic E-state index is 13.6. The molecule has 2 amide bonds. The molecule has 0 unspecified atom stereocenters. The van der Waals surface area contributed by atoms with Gasteiger partial charge in [0.15, 0.2) is 0 Å². The van der Waals surface area contributed by atoms with Crippen molar-refractivity contribution in [3.8, 4) is 5.75 Å². The van der Waals surface area contributed by atoms with Gasteiger partial charge in [0, 0.05) is 0 Å². The summed E-state index contributed by atoms with van der Waals surface area (Å²) in [6.07, 6.45) is 0. The number of aryl methyl sites for hydroxylation is 1. The van der Waals surface area contributed by atoms with E-state index in [0.29, 0.717) is 34.2 Å². The number of ether oxygens (including phenoxy) is 1. The highest BCUT2D eigenvalue weighted by Crippen LogP contribution is 2.36. The summed E-state index contributed by atoms with van der Waals surface area (Å²) in [6.45, 7) is 6.17. The van der Waals surface area contributed by atoms with Crippen LogP contribution in [0.25, 0.3) is 5.57 Å². The van der Waals surface area contributed by atoms with Crippen molar-refractivity contribution in [3.63, 3.8) is 0 Å². The van der Waals surface area contributed by atoms with E-state index in [9.17, 15) is 9.59 Å². The maximum absolute atomic E-state index is 13.6. The van der Waals surface area contributed by atoms with Gasteiger partial charge in [-0.15, -0.1) is 0 Å². The van der Waals surface area contributed by atoms with Crippen molar-refractivity contribution in [1.29, 1.82) is 0 Å². The molecule has 3 aromatic carbocycles. The van der Waals surface area contributed by atoms with Crippen LogP contribution in [-0.4, -0.2) is 18.9 Å². The number of benzene rings is 3. The molecule has 0 saturated heterocycles. The summed E-state index contributed by atoms with van der Waals surface area (Å²) in [7, 11) is 1.58.